The van der Waals surface area contributed by atoms with Crippen LogP contribution < -0.4 is 5.32 Å². The zero-order valence-corrected chi connectivity index (χ0v) is 16.6. The van der Waals surface area contributed by atoms with E-state index in [1.54, 1.807) is 17.0 Å². The average Bonchev–Trinajstić information content (AvgIpc) is 3.12. The molecular weight excluding hydrogens is 369 g/mol. The van der Waals surface area contributed by atoms with E-state index in [0.29, 0.717) is 31.9 Å². The lowest BCUT2D eigenvalue weighted by Crippen LogP contribution is -2.46. The van der Waals surface area contributed by atoms with E-state index >= 15 is 0 Å². The summed E-state index contributed by atoms with van der Waals surface area (Å²) in [6.45, 7) is 4.28. The molecule has 6 heteroatoms. The van der Waals surface area contributed by atoms with Crippen molar-refractivity contribution in [2.75, 3.05) is 26.3 Å². The quantitative estimate of drug-likeness (QED) is 0.608. The molecule has 2 heterocycles. The zero-order chi connectivity index (χ0) is 20.2. The predicted octanol–water partition coefficient (Wildman–Crippen LogP) is 4.39. The number of aromatic nitrogens is 1. The molecule has 5 nitrogen and oxygen atoms in total. The number of urea groups is 1. The molecule has 1 aliphatic heterocycles. The van der Waals surface area contributed by atoms with Gasteiger partial charge in [0.1, 0.15) is 11.9 Å². The lowest BCUT2D eigenvalue weighted by molar-refractivity contribution is 0.143. The number of benzene rings is 2. The second kappa shape index (κ2) is 8.66. The van der Waals surface area contributed by atoms with E-state index in [9.17, 15) is 9.18 Å². The van der Waals surface area contributed by atoms with Crippen LogP contribution in [0, 0.1) is 5.82 Å². The van der Waals surface area contributed by atoms with Gasteiger partial charge in [-0.05, 0) is 37.5 Å². The van der Waals surface area contributed by atoms with Crippen molar-refractivity contribution in [2.24, 2.45) is 0 Å². The number of carbonyl (C=O) groups excluding carboxylic acids is 1. The van der Waals surface area contributed by atoms with E-state index in [4.69, 9.17) is 4.74 Å². The Balaban J connectivity index is 1.66. The van der Waals surface area contributed by atoms with Gasteiger partial charge in [0.15, 0.2) is 0 Å². The van der Waals surface area contributed by atoms with Crippen molar-refractivity contribution in [2.45, 2.75) is 25.8 Å². The van der Waals surface area contributed by atoms with Gasteiger partial charge in [0.25, 0.3) is 0 Å². The van der Waals surface area contributed by atoms with Crippen molar-refractivity contribution in [1.82, 2.24) is 15.2 Å². The third-order valence-corrected chi connectivity index (χ3v) is 5.44. The molecule has 0 aliphatic carbocycles. The fourth-order valence-electron chi connectivity index (χ4n) is 4.10. The minimum absolute atomic E-state index is 0.181. The van der Waals surface area contributed by atoms with Crippen molar-refractivity contribution in [3.05, 3.63) is 71.2 Å². The Morgan fingerprint density at radius 3 is 2.86 bits per heavy atom. The van der Waals surface area contributed by atoms with Crippen molar-refractivity contribution in [3.8, 4) is 0 Å². The number of nitrogens with one attached hydrogen (secondary N) is 2. The molecule has 0 fully saturated rings. The number of amides is 2. The molecule has 2 N–H and O–H groups in total. The number of ether oxygens (including phenoxy) is 1. The van der Waals surface area contributed by atoms with Gasteiger partial charge >= 0.3 is 6.03 Å². The molecule has 4 rings (SSSR count). The molecule has 0 saturated heterocycles. The van der Waals surface area contributed by atoms with E-state index in [1.165, 1.54) is 6.07 Å². The molecule has 2 aromatic carbocycles. The number of para-hydroxylation sites is 1. The number of hydrogen-bond acceptors (Lipinski definition) is 2. The summed E-state index contributed by atoms with van der Waals surface area (Å²) in [4.78, 5) is 18.2. The van der Waals surface area contributed by atoms with Crippen molar-refractivity contribution < 1.29 is 13.9 Å². The highest BCUT2D eigenvalue weighted by molar-refractivity contribution is 5.86. The molecule has 152 valence electrons. The zero-order valence-electron chi connectivity index (χ0n) is 16.6. The van der Waals surface area contributed by atoms with Crippen molar-refractivity contribution >= 4 is 16.9 Å². The van der Waals surface area contributed by atoms with Crippen molar-refractivity contribution in [1.29, 1.82) is 0 Å². The topological polar surface area (TPSA) is 57.4 Å². The number of rotatable bonds is 6. The summed E-state index contributed by atoms with van der Waals surface area (Å²) in [6, 6.07) is 14.1. The molecule has 0 saturated carbocycles. The second-order valence-electron chi connectivity index (χ2n) is 7.21. The normalized spacial score (nSPS) is 16.1. The fourth-order valence-corrected chi connectivity index (χ4v) is 4.10. The first-order valence-electron chi connectivity index (χ1n) is 10.2. The first-order chi connectivity index (χ1) is 14.2. The van der Waals surface area contributed by atoms with E-state index in [1.807, 2.05) is 31.2 Å². The summed E-state index contributed by atoms with van der Waals surface area (Å²) in [5.74, 6) is -0.307. The molecule has 2 amide bonds. The maximum atomic E-state index is 14.8. The maximum Gasteiger partial charge on any atom is 0.318 e. The van der Waals surface area contributed by atoms with Crippen LogP contribution in [-0.2, 0) is 11.2 Å². The Bertz CT molecular complexity index is 1000. The lowest BCUT2D eigenvalue weighted by Gasteiger charge is -2.36. The van der Waals surface area contributed by atoms with Gasteiger partial charge in [-0.25, -0.2) is 9.18 Å². The highest BCUT2D eigenvalue weighted by Crippen LogP contribution is 2.39. The Kier molecular flexibility index (Phi) is 5.81. The van der Waals surface area contributed by atoms with Gasteiger partial charge < -0.3 is 19.9 Å². The molecule has 0 unspecified atom stereocenters. The largest absolute Gasteiger partial charge is 0.382 e. The van der Waals surface area contributed by atoms with Crippen LogP contribution >= 0.6 is 0 Å². The number of aromatic amines is 1. The van der Waals surface area contributed by atoms with Gasteiger partial charge in [-0.3, -0.25) is 0 Å². The number of fused-ring (bicyclic) bond motifs is 3. The number of hydrogen-bond donors (Lipinski definition) is 2. The highest BCUT2D eigenvalue weighted by atomic mass is 19.1. The molecule has 1 aliphatic rings. The van der Waals surface area contributed by atoms with Crippen LogP contribution in [0.1, 0.15) is 36.2 Å². The molecule has 1 atom stereocenters. The molecule has 0 radical (unpaired) electrons. The number of halogens is 1. The van der Waals surface area contributed by atoms with Gasteiger partial charge in [0.05, 0.1) is 0 Å². The lowest BCUT2D eigenvalue weighted by atomic mass is 9.92. The summed E-state index contributed by atoms with van der Waals surface area (Å²) in [6.07, 6.45) is 1.48. The summed E-state index contributed by atoms with van der Waals surface area (Å²) in [7, 11) is 0. The Morgan fingerprint density at radius 1 is 1.24 bits per heavy atom. The van der Waals surface area contributed by atoms with Crippen LogP contribution in [0.5, 0.6) is 0 Å². The molecular formula is C23H26FN3O2. The molecule has 0 bridgehead atoms. The Hall–Kier alpha value is -2.86. The second-order valence-corrected chi connectivity index (χ2v) is 7.21. The first-order valence-corrected chi connectivity index (χ1v) is 10.2. The van der Waals surface area contributed by atoms with Gasteiger partial charge in [-0.1, -0.05) is 36.4 Å². The number of nitrogens with zero attached hydrogens (tertiary/aromatic N) is 1. The van der Waals surface area contributed by atoms with Crippen LogP contribution in [0.2, 0.25) is 0 Å². The van der Waals surface area contributed by atoms with Crippen LogP contribution in [0.3, 0.4) is 0 Å². The number of H-pyrrole nitrogens is 1. The van der Waals surface area contributed by atoms with Crippen LogP contribution in [0.15, 0.2) is 48.5 Å². The fraction of sp³-hybridized carbons (Fsp3) is 0.348. The average molecular weight is 395 g/mol. The maximum absolute atomic E-state index is 14.8. The first kappa shape index (κ1) is 19.5. The summed E-state index contributed by atoms with van der Waals surface area (Å²) >= 11 is 0. The summed E-state index contributed by atoms with van der Waals surface area (Å²) in [5.41, 5.74) is 3.57. The van der Waals surface area contributed by atoms with E-state index in [-0.39, 0.29) is 11.8 Å². The SMILES string of the molecule is CCOCCCNC(=O)N1CCc2c([nH]c3ccccc23)[C@H]1c1ccccc1F. The van der Waals surface area contributed by atoms with E-state index < -0.39 is 6.04 Å². The third kappa shape index (κ3) is 3.85. The van der Waals surface area contributed by atoms with Crippen LogP contribution in [0.4, 0.5) is 9.18 Å². The standard InChI is InChI=1S/C23H26FN3O2/c1-2-29-15-7-13-25-23(28)27-14-12-17-16-8-4-6-11-20(16)26-21(17)22(27)18-9-3-5-10-19(18)24/h3-6,8-11,22,26H,2,7,12-15H2,1H3,(H,25,28)/t22-/m1/s1. The van der Waals surface area contributed by atoms with E-state index in [0.717, 1.165) is 35.0 Å². The van der Waals surface area contributed by atoms with Crippen molar-refractivity contribution in [3.63, 3.8) is 0 Å². The van der Waals surface area contributed by atoms with Gasteiger partial charge in [-0.15, -0.1) is 0 Å². The molecule has 29 heavy (non-hydrogen) atoms. The van der Waals surface area contributed by atoms with Crippen LogP contribution in [-0.4, -0.2) is 42.2 Å². The minimum Gasteiger partial charge on any atom is -0.382 e. The summed E-state index contributed by atoms with van der Waals surface area (Å²) < 4.78 is 20.1. The predicted molar refractivity (Wildman–Crippen MR) is 111 cm³/mol. The van der Waals surface area contributed by atoms with Gasteiger partial charge in [-0.2, -0.15) is 0 Å². The monoisotopic (exact) mass is 395 g/mol. The smallest absolute Gasteiger partial charge is 0.318 e. The highest BCUT2D eigenvalue weighted by Gasteiger charge is 2.35. The van der Waals surface area contributed by atoms with Gasteiger partial charge in [0, 0.05) is 48.5 Å². The van der Waals surface area contributed by atoms with Gasteiger partial charge in [0.2, 0.25) is 0 Å². The Labute approximate surface area is 169 Å². The Morgan fingerprint density at radius 2 is 2.03 bits per heavy atom. The molecule has 3 aromatic rings. The molecule has 1 aromatic heterocycles. The summed E-state index contributed by atoms with van der Waals surface area (Å²) in [5, 5.41) is 4.11. The number of carbonyl (C=O) groups is 1. The third-order valence-electron chi connectivity index (χ3n) is 5.44. The molecule has 0 spiro atoms. The van der Waals surface area contributed by atoms with Crippen LogP contribution in [0.25, 0.3) is 10.9 Å². The minimum atomic E-state index is -0.487. The van der Waals surface area contributed by atoms with E-state index in [2.05, 4.69) is 16.4 Å².